The van der Waals surface area contributed by atoms with E-state index in [-0.39, 0.29) is 5.56 Å². The average molecular weight is 466 g/mol. The van der Waals surface area contributed by atoms with Crippen molar-refractivity contribution < 1.29 is 13.6 Å². The minimum Gasteiger partial charge on any atom is -0.345 e. The highest BCUT2D eigenvalue weighted by atomic mass is 127. The molecule has 0 spiro atoms. The van der Waals surface area contributed by atoms with Crippen LogP contribution in [-0.4, -0.2) is 5.91 Å². The van der Waals surface area contributed by atoms with Gasteiger partial charge in [0.2, 0.25) is 0 Å². The molecule has 1 unspecified atom stereocenters. The van der Waals surface area contributed by atoms with Crippen molar-refractivity contribution in [1.29, 1.82) is 0 Å². The molecule has 2 aromatic rings. The highest BCUT2D eigenvalue weighted by Gasteiger charge is 2.19. The molecular formula is C15H11BrF2INO. The minimum atomic E-state index is -0.775. The van der Waals surface area contributed by atoms with E-state index < -0.39 is 23.6 Å². The second kappa shape index (κ2) is 6.83. The predicted molar refractivity (Wildman–Crippen MR) is 89.1 cm³/mol. The van der Waals surface area contributed by atoms with E-state index in [1.165, 1.54) is 18.2 Å². The lowest BCUT2D eigenvalue weighted by Crippen LogP contribution is -2.28. The molecule has 1 amide bonds. The van der Waals surface area contributed by atoms with Gasteiger partial charge in [0.15, 0.2) is 0 Å². The van der Waals surface area contributed by atoms with Crippen LogP contribution in [0.4, 0.5) is 8.78 Å². The Morgan fingerprint density at radius 3 is 2.48 bits per heavy atom. The normalized spacial score (nSPS) is 12.0. The Hall–Kier alpha value is -1.02. The molecule has 0 saturated carbocycles. The van der Waals surface area contributed by atoms with E-state index >= 15 is 0 Å². The summed E-state index contributed by atoms with van der Waals surface area (Å²) in [6.45, 7) is 1.54. The number of halogens is 4. The summed E-state index contributed by atoms with van der Waals surface area (Å²) in [5.74, 6) is -1.75. The number of hydrogen-bond donors (Lipinski definition) is 1. The molecule has 0 aliphatic rings. The molecule has 0 fully saturated rings. The molecule has 21 heavy (non-hydrogen) atoms. The lowest BCUT2D eigenvalue weighted by Gasteiger charge is -2.16. The largest absolute Gasteiger partial charge is 0.345 e. The third-order valence-electron chi connectivity index (χ3n) is 2.95. The van der Waals surface area contributed by atoms with Gasteiger partial charge in [-0.05, 0) is 75.8 Å². The van der Waals surface area contributed by atoms with Gasteiger partial charge in [-0.3, -0.25) is 4.79 Å². The third kappa shape index (κ3) is 3.79. The smallest absolute Gasteiger partial charge is 0.252 e. The molecule has 0 radical (unpaired) electrons. The fourth-order valence-corrected chi connectivity index (χ4v) is 2.86. The molecule has 0 aliphatic heterocycles. The average Bonchev–Trinajstić information content (AvgIpc) is 2.41. The first-order chi connectivity index (χ1) is 9.90. The highest BCUT2D eigenvalue weighted by Crippen LogP contribution is 2.23. The van der Waals surface area contributed by atoms with Crippen LogP contribution in [0.3, 0.4) is 0 Å². The van der Waals surface area contributed by atoms with Crippen molar-refractivity contribution in [3.8, 4) is 0 Å². The third-order valence-corrected chi connectivity index (χ3v) is 4.32. The van der Waals surface area contributed by atoms with E-state index in [0.717, 1.165) is 3.57 Å². The van der Waals surface area contributed by atoms with Gasteiger partial charge in [-0.1, -0.05) is 6.07 Å². The summed E-state index contributed by atoms with van der Waals surface area (Å²) in [4.78, 5) is 12.2. The van der Waals surface area contributed by atoms with Crippen LogP contribution in [0.1, 0.15) is 28.9 Å². The summed E-state index contributed by atoms with van der Waals surface area (Å²) >= 11 is 5.38. The second-order valence-electron chi connectivity index (χ2n) is 4.45. The van der Waals surface area contributed by atoms with Crippen LogP contribution in [0.2, 0.25) is 0 Å². The summed E-state index contributed by atoms with van der Waals surface area (Å²) in [6, 6.07) is 8.16. The predicted octanol–water partition coefficient (Wildman–Crippen LogP) is 4.82. The fraction of sp³-hybridized carbons (Fsp3) is 0.133. The first-order valence-corrected chi connectivity index (χ1v) is 7.97. The van der Waals surface area contributed by atoms with Crippen molar-refractivity contribution in [2.24, 2.45) is 0 Å². The van der Waals surface area contributed by atoms with Crippen LogP contribution >= 0.6 is 38.5 Å². The van der Waals surface area contributed by atoms with E-state index in [9.17, 15) is 13.6 Å². The summed E-state index contributed by atoms with van der Waals surface area (Å²) in [5, 5.41) is 2.61. The van der Waals surface area contributed by atoms with Crippen LogP contribution < -0.4 is 5.32 Å². The van der Waals surface area contributed by atoms with E-state index in [1.54, 1.807) is 19.1 Å². The number of rotatable bonds is 3. The Kier molecular flexibility index (Phi) is 5.32. The van der Waals surface area contributed by atoms with Gasteiger partial charge < -0.3 is 5.32 Å². The van der Waals surface area contributed by atoms with Gasteiger partial charge in [0, 0.05) is 13.6 Å². The van der Waals surface area contributed by atoms with Gasteiger partial charge in [-0.25, -0.2) is 8.78 Å². The first-order valence-electron chi connectivity index (χ1n) is 6.10. The van der Waals surface area contributed by atoms with E-state index in [4.69, 9.17) is 0 Å². The van der Waals surface area contributed by atoms with Crippen molar-refractivity contribution in [2.45, 2.75) is 13.0 Å². The maximum absolute atomic E-state index is 13.7. The fourth-order valence-electron chi connectivity index (χ4n) is 1.94. The monoisotopic (exact) mass is 465 g/mol. The van der Waals surface area contributed by atoms with Crippen molar-refractivity contribution in [1.82, 2.24) is 5.32 Å². The van der Waals surface area contributed by atoms with Crippen LogP contribution in [0, 0.1) is 15.2 Å². The Bertz CT molecular complexity index is 673. The van der Waals surface area contributed by atoms with Crippen LogP contribution in [0.5, 0.6) is 0 Å². The Balaban J connectivity index is 2.25. The quantitative estimate of drug-likeness (QED) is 0.647. The molecular weight excluding hydrogens is 455 g/mol. The van der Waals surface area contributed by atoms with Gasteiger partial charge in [0.25, 0.3) is 5.91 Å². The van der Waals surface area contributed by atoms with Gasteiger partial charge in [-0.2, -0.15) is 0 Å². The molecule has 0 heterocycles. The molecule has 2 nitrogen and oxygen atoms in total. The maximum Gasteiger partial charge on any atom is 0.252 e. The molecule has 0 bridgehead atoms. The molecule has 0 saturated heterocycles. The molecule has 1 atom stereocenters. The number of nitrogens with one attached hydrogen (secondary N) is 1. The summed E-state index contributed by atoms with van der Waals surface area (Å²) in [7, 11) is 0. The Morgan fingerprint density at radius 1 is 1.24 bits per heavy atom. The molecule has 110 valence electrons. The molecule has 1 N–H and O–H groups in total. The van der Waals surface area contributed by atoms with Crippen molar-refractivity contribution >= 4 is 44.4 Å². The van der Waals surface area contributed by atoms with E-state index in [1.807, 2.05) is 6.07 Å². The summed E-state index contributed by atoms with van der Waals surface area (Å²) < 4.78 is 28.9. The number of carbonyl (C=O) groups is 1. The maximum atomic E-state index is 13.7. The van der Waals surface area contributed by atoms with Crippen molar-refractivity contribution in [3.05, 3.63) is 67.2 Å². The molecule has 6 heteroatoms. The number of hydrogen-bond acceptors (Lipinski definition) is 1. The zero-order valence-electron chi connectivity index (χ0n) is 11.0. The Labute approximate surface area is 143 Å². The number of benzene rings is 2. The molecule has 0 aliphatic carbocycles. The van der Waals surface area contributed by atoms with Gasteiger partial charge in [0.1, 0.15) is 11.6 Å². The summed E-state index contributed by atoms with van der Waals surface area (Å²) in [6.07, 6.45) is 0. The standard InChI is InChI=1S/C15H11BrF2INO/c1-8(14-12(17)3-2-4-13(14)18)20-15(21)10-7-9(19)5-6-11(10)16/h2-8H,1H3,(H,20,21). The first kappa shape index (κ1) is 16.4. The molecule has 2 rings (SSSR count). The zero-order chi connectivity index (χ0) is 15.6. The lowest BCUT2D eigenvalue weighted by molar-refractivity contribution is 0.0938. The van der Waals surface area contributed by atoms with E-state index in [0.29, 0.717) is 10.0 Å². The second-order valence-corrected chi connectivity index (χ2v) is 6.55. The number of carbonyl (C=O) groups excluding carboxylic acids is 1. The van der Waals surface area contributed by atoms with Gasteiger partial charge >= 0.3 is 0 Å². The van der Waals surface area contributed by atoms with Crippen molar-refractivity contribution in [2.75, 3.05) is 0 Å². The summed E-state index contributed by atoms with van der Waals surface area (Å²) in [5.41, 5.74) is 0.276. The SMILES string of the molecule is CC(NC(=O)c1cc(I)ccc1Br)c1c(F)cccc1F. The number of amides is 1. The Morgan fingerprint density at radius 2 is 1.86 bits per heavy atom. The van der Waals surface area contributed by atoms with Crippen LogP contribution in [-0.2, 0) is 0 Å². The topological polar surface area (TPSA) is 29.1 Å². The van der Waals surface area contributed by atoms with Crippen LogP contribution in [0.15, 0.2) is 40.9 Å². The van der Waals surface area contributed by atoms with E-state index in [2.05, 4.69) is 43.8 Å². The minimum absolute atomic E-state index is 0.146. The van der Waals surface area contributed by atoms with Crippen LogP contribution in [0.25, 0.3) is 0 Å². The molecule has 0 aromatic heterocycles. The van der Waals surface area contributed by atoms with Gasteiger partial charge in [0.05, 0.1) is 11.6 Å². The molecule has 2 aromatic carbocycles. The van der Waals surface area contributed by atoms with Gasteiger partial charge in [-0.15, -0.1) is 0 Å². The highest BCUT2D eigenvalue weighted by molar-refractivity contribution is 14.1. The van der Waals surface area contributed by atoms with Crippen molar-refractivity contribution in [3.63, 3.8) is 0 Å². The lowest BCUT2D eigenvalue weighted by atomic mass is 10.1. The zero-order valence-corrected chi connectivity index (χ0v) is 14.7.